The van der Waals surface area contributed by atoms with Crippen molar-refractivity contribution in [3.8, 4) is 0 Å². The lowest BCUT2D eigenvalue weighted by molar-refractivity contribution is 0.0952. The summed E-state index contributed by atoms with van der Waals surface area (Å²) >= 11 is 11.9. The van der Waals surface area contributed by atoms with Gasteiger partial charge in [-0.05, 0) is 24.1 Å². The van der Waals surface area contributed by atoms with Crippen LogP contribution in [0.25, 0.3) is 0 Å². The second-order valence-corrected chi connectivity index (χ2v) is 5.45. The van der Waals surface area contributed by atoms with Gasteiger partial charge in [0.15, 0.2) is 0 Å². The zero-order valence-electron chi connectivity index (χ0n) is 11.4. The summed E-state index contributed by atoms with van der Waals surface area (Å²) in [5.41, 5.74) is 7.50. The topological polar surface area (TPSA) is 55.1 Å². The number of carbonyl (C=O) groups excluding carboxylic acids is 1. The van der Waals surface area contributed by atoms with Gasteiger partial charge in [-0.25, -0.2) is 0 Å². The molecule has 0 aliphatic rings. The van der Waals surface area contributed by atoms with Crippen LogP contribution in [0, 0.1) is 0 Å². The van der Waals surface area contributed by atoms with Crippen LogP contribution in [0.3, 0.4) is 0 Å². The highest BCUT2D eigenvalue weighted by molar-refractivity contribution is 6.43. The minimum atomic E-state index is -0.247. The summed E-state index contributed by atoms with van der Waals surface area (Å²) in [4.78, 5) is 12.0. The minimum Gasteiger partial charge on any atom is -0.352 e. The first-order chi connectivity index (χ1) is 10.1. The molecule has 2 rings (SSSR count). The van der Waals surface area contributed by atoms with Crippen molar-refractivity contribution in [2.45, 2.75) is 12.5 Å². The van der Waals surface area contributed by atoms with Gasteiger partial charge in [-0.15, -0.1) is 0 Å². The molecule has 0 saturated carbocycles. The Morgan fingerprint density at radius 1 is 1.10 bits per heavy atom. The van der Waals surface area contributed by atoms with E-state index in [1.165, 1.54) is 0 Å². The molecule has 1 amide bonds. The first kappa shape index (κ1) is 15.8. The Hall–Kier alpha value is -1.55. The molecule has 0 aromatic heterocycles. The highest BCUT2D eigenvalue weighted by atomic mass is 35.5. The molecule has 2 aromatic rings. The van der Waals surface area contributed by atoms with Crippen LogP contribution in [-0.2, 0) is 0 Å². The van der Waals surface area contributed by atoms with Crippen molar-refractivity contribution in [1.82, 2.24) is 5.32 Å². The number of nitrogens with one attached hydrogen (secondary N) is 1. The lowest BCUT2D eigenvalue weighted by Gasteiger charge is -2.13. The zero-order valence-corrected chi connectivity index (χ0v) is 12.9. The van der Waals surface area contributed by atoms with E-state index in [0.717, 1.165) is 5.56 Å². The molecule has 110 valence electrons. The maximum absolute atomic E-state index is 12.0. The number of nitrogens with two attached hydrogens (primary N) is 1. The normalized spacial score (nSPS) is 12.0. The second kappa shape index (κ2) is 7.46. The van der Waals surface area contributed by atoms with E-state index in [2.05, 4.69) is 5.32 Å². The molecular formula is C16H16Cl2N2O. The van der Waals surface area contributed by atoms with Crippen LogP contribution in [0.2, 0.25) is 10.0 Å². The Morgan fingerprint density at radius 3 is 2.52 bits per heavy atom. The van der Waals surface area contributed by atoms with Crippen molar-refractivity contribution >= 4 is 29.1 Å². The molecule has 0 saturated heterocycles. The van der Waals surface area contributed by atoms with E-state index in [1.54, 1.807) is 18.2 Å². The van der Waals surface area contributed by atoms with Gasteiger partial charge in [0.25, 0.3) is 5.91 Å². The Balaban J connectivity index is 1.89. The molecule has 1 unspecified atom stereocenters. The summed E-state index contributed by atoms with van der Waals surface area (Å²) in [6.45, 7) is 0.470. The van der Waals surface area contributed by atoms with E-state index < -0.39 is 0 Å². The van der Waals surface area contributed by atoms with Crippen molar-refractivity contribution in [2.75, 3.05) is 6.54 Å². The third-order valence-corrected chi connectivity index (χ3v) is 3.98. The molecule has 21 heavy (non-hydrogen) atoms. The summed E-state index contributed by atoms with van der Waals surface area (Å²) in [5.74, 6) is -0.247. The maximum atomic E-state index is 12.0. The van der Waals surface area contributed by atoms with Crippen molar-refractivity contribution < 1.29 is 4.79 Å². The smallest absolute Gasteiger partial charge is 0.252 e. The van der Waals surface area contributed by atoms with Gasteiger partial charge < -0.3 is 11.1 Å². The fraction of sp³-hybridized carbons (Fsp3) is 0.188. The standard InChI is InChI=1S/C16H16Cl2N2O/c17-13-8-4-7-12(15(13)18)16(21)20-10-9-14(19)11-5-2-1-3-6-11/h1-8,14H,9-10,19H2,(H,20,21). The van der Waals surface area contributed by atoms with E-state index >= 15 is 0 Å². The molecule has 0 fully saturated rings. The van der Waals surface area contributed by atoms with Gasteiger partial charge >= 0.3 is 0 Å². The van der Waals surface area contributed by atoms with Gasteiger partial charge in [0, 0.05) is 12.6 Å². The number of amides is 1. The number of hydrogen-bond acceptors (Lipinski definition) is 2. The minimum absolute atomic E-state index is 0.110. The number of rotatable bonds is 5. The first-order valence-electron chi connectivity index (χ1n) is 6.62. The Labute approximate surface area is 134 Å². The molecule has 0 aliphatic carbocycles. The van der Waals surface area contributed by atoms with Crippen molar-refractivity contribution in [1.29, 1.82) is 0 Å². The van der Waals surface area contributed by atoms with Crippen LogP contribution in [-0.4, -0.2) is 12.5 Å². The number of halogens is 2. The molecule has 2 aromatic carbocycles. The predicted octanol–water partition coefficient (Wildman–Crippen LogP) is 3.81. The monoisotopic (exact) mass is 322 g/mol. The fourth-order valence-electron chi connectivity index (χ4n) is 1.98. The van der Waals surface area contributed by atoms with Crippen LogP contribution in [0.4, 0.5) is 0 Å². The average molecular weight is 323 g/mol. The van der Waals surface area contributed by atoms with E-state index in [0.29, 0.717) is 23.6 Å². The van der Waals surface area contributed by atoms with E-state index in [1.807, 2.05) is 30.3 Å². The van der Waals surface area contributed by atoms with Crippen molar-refractivity contribution in [3.05, 3.63) is 69.7 Å². The van der Waals surface area contributed by atoms with Crippen molar-refractivity contribution in [3.63, 3.8) is 0 Å². The SMILES string of the molecule is NC(CCNC(=O)c1cccc(Cl)c1Cl)c1ccccc1. The van der Waals surface area contributed by atoms with Crippen LogP contribution in [0.5, 0.6) is 0 Å². The van der Waals surface area contributed by atoms with E-state index in [-0.39, 0.29) is 17.0 Å². The van der Waals surface area contributed by atoms with Gasteiger partial charge in [0.1, 0.15) is 0 Å². The molecular weight excluding hydrogens is 307 g/mol. The van der Waals surface area contributed by atoms with Gasteiger partial charge in [0.05, 0.1) is 15.6 Å². The third kappa shape index (κ3) is 4.21. The van der Waals surface area contributed by atoms with Crippen LogP contribution in [0.1, 0.15) is 28.4 Å². The van der Waals surface area contributed by atoms with Gasteiger partial charge in [0.2, 0.25) is 0 Å². The van der Waals surface area contributed by atoms with Gasteiger partial charge in [-0.3, -0.25) is 4.79 Å². The van der Waals surface area contributed by atoms with E-state index in [9.17, 15) is 4.79 Å². The Bertz CT molecular complexity index is 617. The summed E-state index contributed by atoms with van der Waals surface area (Å²) in [5, 5.41) is 3.44. The van der Waals surface area contributed by atoms with Crippen molar-refractivity contribution in [2.24, 2.45) is 5.73 Å². The summed E-state index contributed by atoms with van der Waals surface area (Å²) < 4.78 is 0. The van der Waals surface area contributed by atoms with Crippen LogP contribution < -0.4 is 11.1 Å². The largest absolute Gasteiger partial charge is 0.352 e. The average Bonchev–Trinajstić information content (AvgIpc) is 2.50. The molecule has 0 aliphatic heterocycles. The Morgan fingerprint density at radius 2 is 1.81 bits per heavy atom. The molecule has 0 heterocycles. The Kier molecular flexibility index (Phi) is 5.62. The van der Waals surface area contributed by atoms with Gasteiger partial charge in [-0.1, -0.05) is 59.6 Å². The fourth-order valence-corrected chi connectivity index (χ4v) is 2.37. The lowest BCUT2D eigenvalue weighted by Crippen LogP contribution is -2.27. The van der Waals surface area contributed by atoms with Crippen LogP contribution >= 0.6 is 23.2 Å². The van der Waals surface area contributed by atoms with E-state index in [4.69, 9.17) is 28.9 Å². The summed E-state index contributed by atoms with van der Waals surface area (Å²) in [6, 6.07) is 14.6. The zero-order chi connectivity index (χ0) is 15.2. The maximum Gasteiger partial charge on any atom is 0.252 e. The lowest BCUT2D eigenvalue weighted by atomic mass is 10.1. The highest BCUT2D eigenvalue weighted by Gasteiger charge is 2.12. The molecule has 0 radical (unpaired) electrons. The molecule has 3 nitrogen and oxygen atoms in total. The first-order valence-corrected chi connectivity index (χ1v) is 7.38. The van der Waals surface area contributed by atoms with Gasteiger partial charge in [-0.2, -0.15) is 0 Å². The number of benzene rings is 2. The van der Waals surface area contributed by atoms with Crippen LogP contribution in [0.15, 0.2) is 48.5 Å². The molecule has 0 spiro atoms. The molecule has 1 atom stereocenters. The molecule has 3 N–H and O–H groups in total. The highest BCUT2D eigenvalue weighted by Crippen LogP contribution is 2.25. The molecule has 5 heteroatoms. The summed E-state index contributed by atoms with van der Waals surface area (Å²) in [6.07, 6.45) is 0.647. The number of hydrogen-bond donors (Lipinski definition) is 2. The summed E-state index contributed by atoms with van der Waals surface area (Å²) in [7, 11) is 0. The molecule has 0 bridgehead atoms. The quantitative estimate of drug-likeness (QED) is 0.879. The third-order valence-electron chi connectivity index (χ3n) is 3.16. The second-order valence-electron chi connectivity index (χ2n) is 4.66. The number of carbonyl (C=O) groups is 1. The predicted molar refractivity (Wildman–Crippen MR) is 86.8 cm³/mol.